The highest BCUT2D eigenvalue weighted by molar-refractivity contribution is 7.99. The van der Waals surface area contributed by atoms with Crippen LogP contribution < -0.4 is 5.73 Å². The minimum absolute atomic E-state index is 0.281. The lowest BCUT2D eigenvalue weighted by Gasteiger charge is -2.15. The summed E-state index contributed by atoms with van der Waals surface area (Å²) in [6.07, 6.45) is -0.828. The molecule has 4 N–H and O–H groups in total. The summed E-state index contributed by atoms with van der Waals surface area (Å²) in [5, 5.41) is 17.9. The van der Waals surface area contributed by atoms with E-state index in [-0.39, 0.29) is 12.6 Å². The molecular formula is C10H15NO2S. The van der Waals surface area contributed by atoms with E-state index in [2.05, 4.69) is 0 Å². The summed E-state index contributed by atoms with van der Waals surface area (Å²) in [6, 6.07) is 9.45. The maximum absolute atomic E-state index is 9.22. The van der Waals surface area contributed by atoms with E-state index < -0.39 is 6.10 Å². The van der Waals surface area contributed by atoms with Crippen molar-refractivity contribution < 1.29 is 10.2 Å². The molecular weight excluding hydrogens is 198 g/mol. The van der Waals surface area contributed by atoms with Gasteiger partial charge in [-0.3, -0.25) is 0 Å². The Kier molecular flexibility index (Phi) is 4.97. The van der Waals surface area contributed by atoms with Gasteiger partial charge in [0.1, 0.15) is 0 Å². The summed E-state index contributed by atoms with van der Waals surface area (Å²) in [5.74, 6) is 0.603. The van der Waals surface area contributed by atoms with Crippen LogP contribution in [0.25, 0.3) is 0 Å². The van der Waals surface area contributed by atoms with Crippen molar-refractivity contribution in [2.75, 3.05) is 12.4 Å². The van der Waals surface area contributed by atoms with Crippen molar-refractivity contribution in [3.8, 4) is 0 Å². The molecule has 0 saturated carbocycles. The standard InChI is InChI=1S/C10H15NO2S/c11-9(10(13)6-12)7-14-8-4-2-1-3-5-8/h1-5,9-10,12-13H,6-7,11H2. The quantitative estimate of drug-likeness (QED) is 0.622. The molecule has 0 heterocycles. The van der Waals surface area contributed by atoms with Crippen LogP contribution in [0.4, 0.5) is 0 Å². The molecule has 1 aromatic carbocycles. The fourth-order valence-corrected chi connectivity index (χ4v) is 1.91. The van der Waals surface area contributed by atoms with Crippen molar-refractivity contribution >= 4 is 11.8 Å². The average Bonchev–Trinajstić information content (AvgIpc) is 2.26. The van der Waals surface area contributed by atoms with Crippen LogP contribution >= 0.6 is 11.8 Å². The molecule has 0 radical (unpaired) electrons. The second-order valence-corrected chi connectivity index (χ2v) is 4.13. The summed E-state index contributed by atoms with van der Waals surface area (Å²) >= 11 is 1.58. The normalized spacial score (nSPS) is 15.1. The van der Waals surface area contributed by atoms with Crippen molar-refractivity contribution in [2.24, 2.45) is 5.73 Å². The highest BCUT2D eigenvalue weighted by Gasteiger charge is 2.13. The Morgan fingerprint density at radius 3 is 2.50 bits per heavy atom. The van der Waals surface area contributed by atoms with Crippen molar-refractivity contribution in [1.29, 1.82) is 0 Å². The molecule has 14 heavy (non-hydrogen) atoms. The molecule has 4 heteroatoms. The van der Waals surface area contributed by atoms with Crippen LogP contribution in [0.15, 0.2) is 35.2 Å². The number of benzene rings is 1. The number of aliphatic hydroxyl groups is 2. The van der Waals surface area contributed by atoms with Gasteiger partial charge in [0.15, 0.2) is 0 Å². The molecule has 0 aromatic heterocycles. The summed E-state index contributed by atoms with van der Waals surface area (Å²) in [5.41, 5.74) is 5.64. The van der Waals surface area contributed by atoms with E-state index >= 15 is 0 Å². The van der Waals surface area contributed by atoms with Gasteiger partial charge in [-0.15, -0.1) is 11.8 Å². The van der Waals surface area contributed by atoms with Crippen molar-refractivity contribution in [1.82, 2.24) is 0 Å². The lowest BCUT2D eigenvalue weighted by molar-refractivity contribution is 0.0800. The molecule has 2 unspecified atom stereocenters. The summed E-state index contributed by atoms with van der Waals surface area (Å²) in [4.78, 5) is 1.12. The van der Waals surface area contributed by atoms with Crippen LogP contribution in [-0.2, 0) is 0 Å². The van der Waals surface area contributed by atoms with Crippen molar-refractivity contribution in [3.63, 3.8) is 0 Å². The molecule has 0 spiro atoms. The molecule has 0 aliphatic rings. The predicted molar refractivity (Wildman–Crippen MR) is 58.2 cm³/mol. The van der Waals surface area contributed by atoms with Gasteiger partial charge in [0.05, 0.1) is 12.7 Å². The largest absolute Gasteiger partial charge is 0.394 e. The fourth-order valence-electron chi connectivity index (χ4n) is 0.956. The summed E-state index contributed by atoms with van der Waals surface area (Å²) in [6.45, 7) is -0.281. The Morgan fingerprint density at radius 1 is 1.29 bits per heavy atom. The van der Waals surface area contributed by atoms with Crippen molar-refractivity contribution in [3.05, 3.63) is 30.3 Å². The van der Waals surface area contributed by atoms with Crippen LogP contribution in [0, 0.1) is 0 Å². The first-order chi connectivity index (χ1) is 6.74. The van der Waals surface area contributed by atoms with E-state index in [0.29, 0.717) is 5.75 Å². The highest BCUT2D eigenvalue weighted by Crippen LogP contribution is 2.17. The first-order valence-electron chi connectivity index (χ1n) is 4.46. The molecule has 0 aliphatic carbocycles. The molecule has 0 amide bonds. The Balaban J connectivity index is 2.34. The van der Waals surface area contributed by atoms with Gasteiger partial charge in [-0.2, -0.15) is 0 Å². The number of hydrogen-bond acceptors (Lipinski definition) is 4. The zero-order valence-corrected chi connectivity index (χ0v) is 8.65. The van der Waals surface area contributed by atoms with Crippen LogP contribution in [0.5, 0.6) is 0 Å². The highest BCUT2D eigenvalue weighted by atomic mass is 32.2. The Labute approximate surface area is 87.9 Å². The number of rotatable bonds is 5. The zero-order chi connectivity index (χ0) is 10.4. The predicted octanol–water partition coefficient (Wildman–Crippen LogP) is 0.459. The average molecular weight is 213 g/mol. The Hall–Kier alpha value is -0.550. The zero-order valence-electron chi connectivity index (χ0n) is 7.84. The third-order valence-corrected chi connectivity index (χ3v) is 3.02. The van der Waals surface area contributed by atoms with Crippen molar-refractivity contribution in [2.45, 2.75) is 17.0 Å². The van der Waals surface area contributed by atoms with Gasteiger partial charge in [0.2, 0.25) is 0 Å². The number of nitrogens with two attached hydrogens (primary N) is 1. The first kappa shape index (κ1) is 11.5. The van der Waals surface area contributed by atoms with E-state index in [1.807, 2.05) is 30.3 Å². The van der Waals surface area contributed by atoms with E-state index in [0.717, 1.165) is 4.90 Å². The second kappa shape index (κ2) is 6.03. The van der Waals surface area contributed by atoms with Crippen LogP contribution in [0.1, 0.15) is 0 Å². The van der Waals surface area contributed by atoms with E-state index in [4.69, 9.17) is 10.8 Å². The maximum atomic E-state index is 9.22. The molecule has 0 fully saturated rings. The second-order valence-electron chi connectivity index (χ2n) is 3.04. The van der Waals surface area contributed by atoms with Crippen LogP contribution in [0.2, 0.25) is 0 Å². The molecule has 0 saturated heterocycles. The SMILES string of the molecule is NC(CSc1ccccc1)C(O)CO. The third kappa shape index (κ3) is 3.67. The summed E-state index contributed by atoms with van der Waals surface area (Å²) < 4.78 is 0. The van der Waals surface area contributed by atoms with Crippen LogP contribution in [0.3, 0.4) is 0 Å². The third-order valence-electron chi connectivity index (χ3n) is 1.87. The lowest BCUT2D eigenvalue weighted by atomic mass is 10.2. The summed E-state index contributed by atoms with van der Waals surface area (Å²) in [7, 11) is 0. The van der Waals surface area contributed by atoms with Crippen LogP contribution in [-0.4, -0.2) is 34.7 Å². The first-order valence-corrected chi connectivity index (χ1v) is 5.45. The number of hydrogen-bond donors (Lipinski definition) is 3. The van der Waals surface area contributed by atoms with E-state index in [1.165, 1.54) is 0 Å². The smallest absolute Gasteiger partial charge is 0.0929 e. The fraction of sp³-hybridized carbons (Fsp3) is 0.400. The molecule has 1 aromatic rings. The molecule has 3 nitrogen and oxygen atoms in total. The van der Waals surface area contributed by atoms with E-state index in [1.54, 1.807) is 11.8 Å². The number of aliphatic hydroxyl groups excluding tert-OH is 2. The Morgan fingerprint density at radius 2 is 1.93 bits per heavy atom. The lowest BCUT2D eigenvalue weighted by Crippen LogP contribution is -2.39. The molecule has 2 atom stereocenters. The minimum atomic E-state index is -0.828. The number of thioether (sulfide) groups is 1. The van der Waals surface area contributed by atoms with Gasteiger partial charge in [-0.1, -0.05) is 18.2 Å². The van der Waals surface area contributed by atoms with Gasteiger partial charge in [0, 0.05) is 16.7 Å². The monoisotopic (exact) mass is 213 g/mol. The topological polar surface area (TPSA) is 66.5 Å². The van der Waals surface area contributed by atoms with Gasteiger partial charge in [-0.25, -0.2) is 0 Å². The van der Waals surface area contributed by atoms with Gasteiger partial charge < -0.3 is 15.9 Å². The van der Waals surface area contributed by atoms with Gasteiger partial charge >= 0.3 is 0 Å². The molecule has 1 rings (SSSR count). The molecule has 0 aliphatic heterocycles. The Bertz CT molecular complexity index is 256. The van der Waals surface area contributed by atoms with Gasteiger partial charge in [-0.05, 0) is 12.1 Å². The maximum Gasteiger partial charge on any atom is 0.0929 e. The molecule has 0 bridgehead atoms. The van der Waals surface area contributed by atoms with E-state index in [9.17, 15) is 5.11 Å². The minimum Gasteiger partial charge on any atom is -0.394 e. The molecule has 78 valence electrons. The van der Waals surface area contributed by atoms with Gasteiger partial charge in [0.25, 0.3) is 0 Å².